The Kier molecular flexibility index (Phi) is 7.46. The highest BCUT2D eigenvalue weighted by molar-refractivity contribution is 6.30. The van der Waals surface area contributed by atoms with Crippen molar-refractivity contribution in [2.75, 3.05) is 6.54 Å². The first kappa shape index (κ1) is 21.8. The Morgan fingerprint density at radius 1 is 1.10 bits per heavy atom. The first-order chi connectivity index (χ1) is 14.4. The van der Waals surface area contributed by atoms with Crippen molar-refractivity contribution in [3.8, 4) is 0 Å². The van der Waals surface area contributed by atoms with Crippen LogP contribution in [-0.2, 0) is 11.3 Å². The van der Waals surface area contributed by atoms with Crippen molar-refractivity contribution >= 4 is 34.4 Å². The number of fused-ring (bicyclic) bond motifs is 1. The SMILES string of the molecule is CC(C)CC(NC(=O)c1ccc(Cl)cc1)C(=O)NCCCn1cnc2ccccc21. The molecule has 158 valence electrons. The summed E-state index contributed by atoms with van der Waals surface area (Å²) < 4.78 is 2.08. The number of nitrogens with one attached hydrogen (secondary N) is 2. The van der Waals surface area contributed by atoms with Gasteiger partial charge in [-0.2, -0.15) is 0 Å². The molecule has 0 saturated carbocycles. The number of nitrogens with zero attached hydrogens (tertiary/aromatic N) is 2. The molecule has 3 rings (SSSR count). The van der Waals surface area contributed by atoms with E-state index in [4.69, 9.17) is 11.6 Å². The summed E-state index contributed by atoms with van der Waals surface area (Å²) in [6, 6.07) is 14.0. The monoisotopic (exact) mass is 426 g/mol. The minimum absolute atomic E-state index is 0.165. The van der Waals surface area contributed by atoms with Gasteiger partial charge >= 0.3 is 0 Å². The Balaban J connectivity index is 1.53. The van der Waals surface area contributed by atoms with Gasteiger partial charge in [0.1, 0.15) is 6.04 Å². The highest BCUT2D eigenvalue weighted by Crippen LogP contribution is 2.13. The van der Waals surface area contributed by atoms with Gasteiger partial charge in [-0.15, -0.1) is 0 Å². The largest absolute Gasteiger partial charge is 0.354 e. The van der Waals surface area contributed by atoms with Crippen molar-refractivity contribution in [1.82, 2.24) is 20.2 Å². The van der Waals surface area contributed by atoms with E-state index < -0.39 is 6.04 Å². The molecule has 0 aliphatic carbocycles. The second-order valence-electron chi connectivity index (χ2n) is 7.73. The molecule has 1 atom stereocenters. The maximum atomic E-state index is 12.7. The van der Waals surface area contributed by atoms with Crippen LogP contribution in [0.2, 0.25) is 5.02 Å². The fraction of sp³-hybridized carbons (Fsp3) is 0.348. The lowest BCUT2D eigenvalue weighted by Gasteiger charge is -2.20. The molecule has 3 aromatic rings. The van der Waals surface area contributed by atoms with Crippen molar-refractivity contribution in [2.24, 2.45) is 5.92 Å². The number of imidazole rings is 1. The first-order valence-electron chi connectivity index (χ1n) is 10.2. The Labute approximate surface area is 181 Å². The lowest BCUT2D eigenvalue weighted by Crippen LogP contribution is -2.47. The van der Waals surface area contributed by atoms with E-state index in [1.54, 1.807) is 24.3 Å². The Morgan fingerprint density at radius 3 is 2.57 bits per heavy atom. The van der Waals surface area contributed by atoms with Crippen LogP contribution in [0.1, 0.15) is 37.0 Å². The summed E-state index contributed by atoms with van der Waals surface area (Å²) in [5.41, 5.74) is 2.52. The van der Waals surface area contributed by atoms with Crippen molar-refractivity contribution in [3.63, 3.8) is 0 Å². The molecule has 0 saturated heterocycles. The number of rotatable bonds is 9. The summed E-state index contributed by atoms with van der Waals surface area (Å²) in [5, 5.41) is 6.37. The van der Waals surface area contributed by atoms with E-state index in [1.165, 1.54) is 0 Å². The van der Waals surface area contributed by atoms with Crippen LogP contribution < -0.4 is 10.6 Å². The molecule has 1 heterocycles. The Morgan fingerprint density at radius 2 is 1.83 bits per heavy atom. The summed E-state index contributed by atoms with van der Waals surface area (Å²) >= 11 is 5.88. The molecule has 0 spiro atoms. The number of carbonyl (C=O) groups is 2. The van der Waals surface area contributed by atoms with E-state index in [2.05, 4.69) is 20.2 Å². The third-order valence-electron chi connectivity index (χ3n) is 4.84. The number of para-hydroxylation sites is 2. The van der Waals surface area contributed by atoms with Crippen molar-refractivity contribution < 1.29 is 9.59 Å². The van der Waals surface area contributed by atoms with E-state index in [0.29, 0.717) is 23.6 Å². The van der Waals surface area contributed by atoms with Crippen molar-refractivity contribution in [2.45, 2.75) is 39.3 Å². The van der Waals surface area contributed by atoms with Gasteiger partial charge in [0.25, 0.3) is 5.91 Å². The minimum atomic E-state index is -0.581. The van der Waals surface area contributed by atoms with E-state index in [-0.39, 0.29) is 17.7 Å². The van der Waals surface area contributed by atoms with Gasteiger partial charge < -0.3 is 15.2 Å². The molecule has 1 unspecified atom stereocenters. The molecule has 0 aliphatic heterocycles. The molecule has 2 N–H and O–H groups in total. The van der Waals surface area contributed by atoms with E-state index in [0.717, 1.165) is 24.0 Å². The molecule has 6 nitrogen and oxygen atoms in total. The molecule has 0 aliphatic rings. The lowest BCUT2D eigenvalue weighted by molar-refractivity contribution is -0.123. The maximum absolute atomic E-state index is 12.7. The number of hydrogen-bond acceptors (Lipinski definition) is 3. The number of aryl methyl sites for hydroxylation is 1. The number of aromatic nitrogens is 2. The average molecular weight is 427 g/mol. The summed E-state index contributed by atoms with van der Waals surface area (Å²) in [6.45, 7) is 5.33. The van der Waals surface area contributed by atoms with Crippen LogP contribution in [0.15, 0.2) is 54.9 Å². The number of halogens is 1. The summed E-state index contributed by atoms with van der Waals surface area (Å²) in [6.07, 6.45) is 3.16. The predicted molar refractivity (Wildman–Crippen MR) is 120 cm³/mol. The van der Waals surface area contributed by atoms with Gasteiger partial charge in [-0.05, 0) is 55.2 Å². The van der Waals surface area contributed by atoms with Gasteiger partial charge in [-0.25, -0.2) is 4.98 Å². The van der Waals surface area contributed by atoms with Crippen LogP contribution in [0.25, 0.3) is 11.0 Å². The Hall–Kier alpha value is -2.86. The van der Waals surface area contributed by atoms with Gasteiger partial charge in [-0.3, -0.25) is 9.59 Å². The molecular formula is C23H27ClN4O2. The van der Waals surface area contributed by atoms with Crippen LogP contribution in [0.3, 0.4) is 0 Å². The minimum Gasteiger partial charge on any atom is -0.354 e. The summed E-state index contributed by atoms with van der Waals surface area (Å²) in [5.74, 6) is -0.178. The van der Waals surface area contributed by atoms with Crippen molar-refractivity contribution in [3.05, 3.63) is 65.4 Å². The quantitative estimate of drug-likeness (QED) is 0.507. The normalized spacial score (nSPS) is 12.1. The van der Waals surface area contributed by atoms with E-state index in [9.17, 15) is 9.59 Å². The third kappa shape index (κ3) is 5.83. The van der Waals surface area contributed by atoms with E-state index in [1.807, 2.05) is 44.4 Å². The standard InChI is InChI=1S/C23H27ClN4O2/c1-16(2)14-20(27-22(29)17-8-10-18(24)11-9-17)23(30)25-12-5-13-28-15-26-19-6-3-4-7-21(19)28/h3-4,6-11,15-16,20H,5,12-14H2,1-2H3,(H,25,30)(H,27,29). The fourth-order valence-corrected chi connectivity index (χ4v) is 3.44. The van der Waals surface area contributed by atoms with Gasteiger partial charge in [-0.1, -0.05) is 37.6 Å². The number of carbonyl (C=O) groups excluding carboxylic acids is 2. The summed E-state index contributed by atoms with van der Waals surface area (Å²) in [7, 11) is 0. The lowest BCUT2D eigenvalue weighted by atomic mass is 10.0. The van der Waals surface area contributed by atoms with Crippen LogP contribution in [-0.4, -0.2) is 34.0 Å². The third-order valence-corrected chi connectivity index (χ3v) is 5.09. The average Bonchev–Trinajstić information content (AvgIpc) is 3.14. The van der Waals surface area contributed by atoms with Gasteiger partial charge in [0.2, 0.25) is 5.91 Å². The van der Waals surface area contributed by atoms with Crippen LogP contribution in [0, 0.1) is 5.92 Å². The summed E-state index contributed by atoms with van der Waals surface area (Å²) in [4.78, 5) is 29.6. The number of benzene rings is 2. The first-order valence-corrected chi connectivity index (χ1v) is 10.6. The highest BCUT2D eigenvalue weighted by atomic mass is 35.5. The van der Waals surface area contributed by atoms with Gasteiger partial charge in [0.05, 0.1) is 17.4 Å². The molecule has 0 fully saturated rings. The molecule has 7 heteroatoms. The van der Waals surface area contributed by atoms with Crippen molar-refractivity contribution in [1.29, 1.82) is 0 Å². The zero-order chi connectivity index (χ0) is 21.5. The molecule has 1 aromatic heterocycles. The van der Waals surface area contributed by atoms with Crippen LogP contribution in [0.5, 0.6) is 0 Å². The molecule has 30 heavy (non-hydrogen) atoms. The molecular weight excluding hydrogens is 400 g/mol. The Bertz CT molecular complexity index is 998. The smallest absolute Gasteiger partial charge is 0.251 e. The predicted octanol–water partition coefficient (Wildman–Crippen LogP) is 4.04. The highest BCUT2D eigenvalue weighted by Gasteiger charge is 2.22. The van der Waals surface area contributed by atoms with Crippen LogP contribution >= 0.6 is 11.6 Å². The number of hydrogen-bond donors (Lipinski definition) is 2. The second kappa shape index (κ2) is 10.3. The van der Waals surface area contributed by atoms with Gasteiger partial charge in [0.15, 0.2) is 0 Å². The molecule has 0 bridgehead atoms. The topological polar surface area (TPSA) is 76.0 Å². The fourth-order valence-electron chi connectivity index (χ4n) is 3.32. The zero-order valence-electron chi connectivity index (χ0n) is 17.3. The van der Waals surface area contributed by atoms with Gasteiger partial charge in [0, 0.05) is 23.7 Å². The van der Waals surface area contributed by atoms with Crippen LogP contribution in [0.4, 0.5) is 0 Å². The van der Waals surface area contributed by atoms with E-state index >= 15 is 0 Å². The molecule has 2 aromatic carbocycles. The molecule has 2 amide bonds. The number of amides is 2. The maximum Gasteiger partial charge on any atom is 0.251 e. The molecule has 0 radical (unpaired) electrons. The zero-order valence-corrected chi connectivity index (χ0v) is 18.0. The second-order valence-corrected chi connectivity index (χ2v) is 8.17.